The van der Waals surface area contributed by atoms with Gasteiger partial charge in [-0.15, -0.1) is 0 Å². The monoisotopic (exact) mass is 833 g/mol. The van der Waals surface area contributed by atoms with Crippen LogP contribution in [0.15, 0.2) is 101 Å². The van der Waals surface area contributed by atoms with E-state index in [2.05, 4.69) is 16.4 Å². The number of hydrogen-bond acceptors (Lipinski definition) is 12. The molecule has 3 aromatic carbocycles. The number of hydrogen-bond donors (Lipinski definition) is 3. The van der Waals surface area contributed by atoms with Gasteiger partial charge in [-0.05, 0) is 0 Å². The number of nitrogens with one attached hydrogen (secondary N) is 2. The summed E-state index contributed by atoms with van der Waals surface area (Å²) in [6.45, 7) is 7.48. The van der Waals surface area contributed by atoms with Gasteiger partial charge in [0, 0.05) is 0 Å². The van der Waals surface area contributed by atoms with Crippen LogP contribution in [0.1, 0.15) is 63.5 Å². The average molecular weight is 834 g/mol. The molecule has 0 radical (unpaired) electrons. The summed E-state index contributed by atoms with van der Waals surface area (Å²) in [5.74, 6) is 1.01. The van der Waals surface area contributed by atoms with Crippen LogP contribution in [0.2, 0.25) is 0 Å². The van der Waals surface area contributed by atoms with Crippen molar-refractivity contribution in [2.75, 3.05) is 40.6 Å². The predicted molar refractivity (Wildman–Crippen MR) is 225 cm³/mol. The number of carbonyl (C=O) groups excluding carboxylic acids is 1. The summed E-state index contributed by atoms with van der Waals surface area (Å²) in [5.41, 5.74) is -0.371. The summed E-state index contributed by atoms with van der Waals surface area (Å²) in [4.78, 5) is 53.1. The van der Waals surface area contributed by atoms with E-state index < -0.39 is 49.3 Å². The molecule has 16 heteroatoms. The van der Waals surface area contributed by atoms with E-state index in [1.165, 1.54) is 23.9 Å². The van der Waals surface area contributed by atoms with Gasteiger partial charge in [0.25, 0.3) is 0 Å². The van der Waals surface area contributed by atoms with Gasteiger partial charge in [0.1, 0.15) is 0 Å². The van der Waals surface area contributed by atoms with Crippen LogP contribution in [-0.2, 0) is 29.1 Å². The first-order valence-corrected chi connectivity index (χ1v) is 21.7. The van der Waals surface area contributed by atoms with Crippen LogP contribution in [0.4, 0.5) is 0 Å². The Kier molecular flexibility index (Phi) is 15.6. The van der Waals surface area contributed by atoms with Crippen molar-refractivity contribution >= 4 is 13.8 Å². The van der Waals surface area contributed by atoms with Gasteiger partial charge < -0.3 is 0 Å². The minimum absolute atomic E-state index is 0.00443. The van der Waals surface area contributed by atoms with Gasteiger partial charge in [-0.1, -0.05) is 0 Å². The van der Waals surface area contributed by atoms with Gasteiger partial charge in [0.15, 0.2) is 0 Å². The van der Waals surface area contributed by atoms with Crippen LogP contribution in [0, 0.1) is 11.3 Å². The van der Waals surface area contributed by atoms with Crippen molar-refractivity contribution in [3.8, 4) is 17.6 Å². The first kappa shape index (κ1) is 45.2. The van der Waals surface area contributed by atoms with Crippen LogP contribution in [-0.4, -0.2) is 96.1 Å². The Hall–Kier alpha value is -4.91. The van der Waals surface area contributed by atoms with Gasteiger partial charge in [-0.25, -0.2) is 0 Å². The van der Waals surface area contributed by atoms with Gasteiger partial charge in [0.2, 0.25) is 0 Å². The molecule has 1 aliphatic rings. The molecule has 4 atom stereocenters. The van der Waals surface area contributed by atoms with E-state index in [1.54, 1.807) is 14.2 Å². The zero-order valence-electron chi connectivity index (χ0n) is 34.6. The first-order chi connectivity index (χ1) is 28.3. The molecule has 5 rings (SSSR count). The van der Waals surface area contributed by atoms with Crippen LogP contribution in [0.25, 0.3) is 0 Å². The van der Waals surface area contributed by atoms with Gasteiger partial charge in [-0.3, -0.25) is 0 Å². The molecule has 0 bridgehead atoms. The second-order valence-electron chi connectivity index (χ2n) is 14.7. The predicted octanol–water partition coefficient (Wildman–Crippen LogP) is 4.89. The Morgan fingerprint density at radius 2 is 1.51 bits per heavy atom. The number of nitriles is 1. The molecule has 0 aliphatic carbocycles. The molecule has 0 unspecified atom stereocenters. The third kappa shape index (κ3) is 10.3. The van der Waals surface area contributed by atoms with E-state index in [1.807, 2.05) is 111 Å². The molecule has 59 heavy (non-hydrogen) atoms. The number of H-pyrrole nitrogens is 1. The molecule has 318 valence electrons. The number of benzene rings is 3. The van der Waals surface area contributed by atoms with Gasteiger partial charge in [-0.2, -0.15) is 0 Å². The normalized spacial score (nSPS) is 18.5. The Morgan fingerprint density at radius 3 is 2.02 bits per heavy atom. The van der Waals surface area contributed by atoms with E-state index in [4.69, 9.17) is 28.2 Å². The standard InChI is InChI=1S/C43H56N5O10P/c1-29(2)48(30(3)4)59(52,27-11-24-44)58-39-36(57-41(40(39)55-26-23-37(49)45-5)47-25-22-38(50)46-42(47)51)28-56-43(31-12-9-8-10-13-31,32-14-18-34(53-6)19-15-32)33-16-20-35(54-7)21-17-33/h8-10,12-22,25,29-30,36,39-41,52,59H,11,23,26-28H2,1-7H3,(H,45,49)(H,46,50,51)/t36-,39-,40-,41-/m1/s1. The van der Waals surface area contributed by atoms with Crippen molar-refractivity contribution in [3.05, 3.63) is 129 Å². The number of carbonyl (C=O) groups is 1. The molecule has 4 aromatic rings. The van der Waals surface area contributed by atoms with Crippen molar-refractivity contribution < 1.29 is 37.9 Å². The third-order valence-corrected chi connectivity index (χ3v) is 13.8. The molecule has 15 nitrogen and oxygen atoms in total. The summed E-state index contributed by atoms with van der Waals surface area (Å²) in [6.07, 6.45) is -3.18. The second kappa shape index (κ2) is 20.4. The molecule has 1 aromatic heterocycles. The van der Waals surface area contributed by atoms with Crippen molar-refractivity contribution in [1.82, 2.24) is 19.5 Å². The summed E-state index contributed by atoms with van der Waals surface area (Å²) < 4.78 is 41.5. The van der Waals surface area contributed by atoms with Crippen LogP contribution >= 0.6 is 7.87 Å². The fourth-order valence-corrected chi connectivity index (χ4v) is 11.1. The summed E-state index contributed by atoms with van der Waals surface area (Å²) >= 11 is 0. The van der Waals surface area contributed by atoms with Crippen molar-refractivity contribution in [3.63, 3.8) is 0 Å². The Balaban J connectivity index is 1.71. The number of nitrogens with zero attached hydrogens (tertiary/aromatic N) is 3. The Morgan fingerprint density at radius 1 is 0.932 bits per heavy atom. The zero-order valence-corrected chi connectivity index (χ0v) is 35.6. The number of rotatable bonds is 20. The van der Waals surface area contributed by atoms with Crippen LogP contribution in [0.3, 0.4) is 0 Å². The Bertz CT molecular complexity index is 2070. The summed E-state index contributed by atoms with van der Waals surface area (Å²) in [6, 6.07) is 27.7. The van der Waals surface area contributed by atoms with Crippen molar-refractivity contribution in [1.29, 1.82) is 5.26 Å². The minimum atomic E-state index is -4.04. The van der Waals surface area contributed by atoms with Crippen LogP contribution in [0.5, 0.6) is 11.5 Å². The number of aromatic nitrogens is 2. The quantitative estimate of drug-likeness (QED) is 0.0811. The number of ether oxygens (including phenoxy) is 5. The third-order valence-electron chi connectivity index (χ3n) is 10.4. The molecular formula is C43H56N5O10P. The average Bonchev–Trinajstić information content (AvgIpc) is 3.55. The molecular weight excluding hydrogens is 777 g/mol. The SMILES string of the molecule is CNC(=O)CCO[C@@H]1[C@H](O[PH](O)(CCC#N)N(C(C)C)C(C)C)[C@@H](COC(c2ccccc2)(c2ccc(OC)cc2)c2ccc(OC)cc2)O[C@H]1n1ccc(=O)[nH]c1=O. The number of amides is 1. The van der Waals surface area contributed by atoms with Crippen LogP contribution < -0.4 is 26.0 Å². The van der Waals surface area contributed by atoms with Gasteiger partial charge >= 0.3 is 346 Å². The molecule has 2 heterocycles. The fraction of sp³-hybridized carbons (Fsp3) is 0.442. The molecule has 1 saturated heterocycles. The van der Waals surface area contributed by atoms with E-state index >= 15 is 0 Å². The van der Waals surface area contributed by atoms with E-state index in [-0.39, 0.29) is 50.2 Å². The molecule has 0 spiro atoms. The van der Waals surface area contributed by atoms with Gasteiger partial charge in [0.05, 0.1) is 0 Å². The van der Waals surface area contributed by atoms with Crippen molar-refractivity contribution in [2.24, 2.45) is 0 Å². The molecule has 1 fully saturated rings. The number of methoxy groups -OCH3 is 2. The van der Waals surface area contributed by atoms with Crippen molar-refractivity contribution in [2.45, 2.75) is 82.8 Å². The fourth-order valence-electron chi connectivity index (χ4n) is 7.80. The summed E-state index contributed by atoms with van der Waals surface area (Å²) in [5, 5.41) is 12.3. The topological polar surface area (TPSA) is 187 Å². The summed E-state index contributed by atoms with van der Waals surface area (Å²) in [7, 11) is 0.659. The van der Waals surface area contributed by atoms with E-state index in [0.29, 0.717) is 11.5 Å². The first-order valence-electron chi connectivity index (χ1n) is 19.6. The molecule has 0 saturated carbocycles. The number of aromatic amines is 1. The molecule has 3 N–H and O–H groups in total. The van der Waals surface area contributed by atoms with E-state index in [0.717, 1.165) is 16.7 Å². The maximum atomic E-state index is 13.4. The maximum absolute atomic E-state index is 13.4. The Labute approximate surface area is 345 Å². The molecule has 1 amide bonds. The second-order valence-corrected chi connectivity index (χ2v) is 17.5. The zero-order chi connectivity index (χ0) is 42.7. The van der Waals surface area contributed by atoms with E-state index in [9.17, 15) is 24.5 Å². The molecule has 1 aliphatic heterocycles.